The maximum atomic E-state index is 12.2. The molecule has 0 unspecified atom stereocenters. The predicted octanol–water partition coefficient (Wildman–Crippen LogP) is 3.59. The Morgan fingerprint density at radius 2 is 2.20 bits per heavy atom. The smallest absolute Gasteiger partial charge is 0.321 e. The number of rotatable bonds is 6. The van der Waals surface area contributed by atoms with Crippen LogP contribution in [0.2, 0.25) is 0 Å². The van der Waals surface area contributed by atoms with Gasteiger partial charge in [-0.1, -0.05) is 19.1 Å². The zero-order valence-corrected chi connectivity index (χ0v) is 13.2. The molecule has 0 aliphatic heterocycles. The first-order valence-electron chi connectivity index (χ1n) is 7.15. The Labute approximate surface area is 121 Å². The van der Waals surface area contributed by atoms with Crippen LogP contribution < -0.4 is 5.32 Å². The van der Waals surface area contributed by atoms with E-state index >= 15 is 0 Å². The van der Waals surface area contributed by atoms with E-state index in [1.807, 2.05) is 25.5 Å². The van der Waals surface area contributed by atoms with E-state index in [1.54, 1.807) is 11.1 Å². The van der Waals surface area contributed by atoms with Crippen molar-refractivity contribution in [2.45, 2.75) is 47.1 Å². The summed E-state index contributed by atoms with van der Waals surface area (Å²) < 4.78 is 1.95. The van der Waals surface area contributed by atoms with E-state index in [1.165, 1.54) is 0 Å². The lowest BCUT2D eigenvalue weighted by atomic mass is 10.2. The second-order valence-electron chi connectivity index (χ2n) is 5.25. The first-order chi connectivity index (χ1) is 9.40. The molecule has 1 atom stereocenters. The molecule has 0 aliphatic rings. The molecule has 0 saturated carbocycles. The standard InChI is InChI=1S/C15H26N4O/c1-7-12(5)19-13(6)14(9-16-19)17-15(20)18(8-2)10-11(3)4/h9,12H,3,7-8,10H2,1-2,4-6H3,(H,17,20)/t12-/m0/s1. The number of hydrogen-bond donors (Lipinski definition) is 1. The maximum absolute atomic E-state index is 12.2. The highest BCUT2D eigenvalue weighted by Gasteiger charge is 2.16. The van der Waals surface area contributed by atoms with Gasteiger partial charge in [0.05, 0.1) is 17.6 Å². The van der Waals surface area contributed by atoms with Crippen LogP contribution in [0.1, 0.15) is 45.9 Å². The summed E-state index contributed by atoms with van der Waals surface area (Å²) in [4.78, 5) is 13.9. The number of carbonyl (C=O) groups is 1. The Kier molecular flexibility index (Phi) is 5.80. The molecule has 1 rings (SSSR count). The van der Waals surface area contributed by atoms with Gasteiger partial charge in [-0.15, -0.1) is 0 Å². The van der Waals surface area contributed by atoms with Crippen LogP contribution in [0.25, 0.3) is 0 Å². The van der Waals surface area contributed by atoms with Gasteiger partial charge in [0.2, 0.25) is 0 Å². The van der Waals surface area contributed by atoms with Gasteiger partial charge in [0.15, 0.2) is 0 Å². The summed E-state index contributed by atoms with van der Waals surface area (Å²) in [6.45, 7) is 15.2. The first kappa shape index (κ1) is 16.3. The summed E-state index contributed by atoms with van der Waals surface area (Å²) in [6, 6.07) is 0.223. The number of carbonyl (C=O) groups excluding carboxylic acids is 1. The molecule has 0 aromatic carbocycles. The van der Waals surface area contributed by atoms with E-state index in [0.717, 1.165) is 23.4 Å². The lowest BCUT2D eigenvalue weighted by Gasteiger charge is -2.21. The summed E-state index contributed by atoms with van der Waals surface area (Å²) in [5, 5.41) is 7.28. The summed E-state index contributed by atoms with van der Waals surface area (Å²) in [5.74, 6) is 0. The highest BCUT2D eigenvalue weighted by Crippen LogP contribution is 2.20. The molecule has 0 spiro atoms. The average molecular weight is 278 g/mol. The molecule has 5 heteroatoms. The molecule has 2 amide bonds. The number of aromatic nitrogens is 2. The number of hydrogen-bond acceptors (Lipinski definition) is 2. The van der Waals surface area contributed by atoms with Gasteiger partial charge in [-0.25, -0.2) is 4.79 Å². The molecule has 0 bridgehead atoms. The quantitative estimate of drug-likeness (QED) is 0.808. The van der Waals surface area contributed by atoms with E-state index < -0.39 is 0 Å². The van der Waals surface area contributed by atoms with E-state index in [2.05, 4.69) is 30.8 Å². The summed E-state index contributed by atoms with van der Waals surface area (Å²) in [6.07, 6.45) is 2.72. The van der Waals surface area contributed by atoms with Gasteiger partial charge in [0, 0.05) is 19.1 Å². The Balaban J connectivity index is 2.80. The van der Waals surface area contributed by atoms with Gasteiger partial charge in [-0.05, 0) is 34.1 Å². The summed E-state index contributed by atoms with van der Waals surface area (Å²) >= 11 is 0. The lowest BCUT2D eigenvalue weighted by molar-refractivity contribution is 0.218. The second-order valence-corrected chi connectivity index (χ2v) is 5.25. The molecule has 1 aromatic rings. The van der Waals surface area contributed by atoms with Crippen LogP contribution in [0.5, 0.6) is 0 Å². The van der Waals surface area contributed by atoms with Gasteiger partial charge < -0.3 is 10.2 Å². The molecular formula is C15H26N4O. The van der Waals surface area contributed by atoms with Crippen LogP contribution >= 0.6 is 0 Å². The molecule has 0 aliphatic carbocycles. The molecular weight excluding hydrogens is 252 g/mol. The fourth-order valence-corrected chi connectivity index (χ4v) is 2.01. The fraction of sp³-hybridized carbons (Fsp3) is 0.600. The molecule has 20 heavy (non-hydrogen) atoms. The van der Waals surface area contributed by atoms with Crippen molar-refractivity contribution in [1.29, 1.82) is 0 Å². The van der Waals surface area contributed by atoms with E-state index in [-0.39, 0.29) is 6.03 Å². The Morgan fingerprint density at radius 1 is 1.55 bits per heavy atom. The Hall–Kier alpha value is -1.78. The second kappa shape index (κ2) is 7.12. The number of anilines is 1. The molecule has 0 radical (unpaired) electrons. The van der Waals surface area contributed by atoms with Crippen molar-refractivity contribution in [2.24, 2.45) is 0 Å². The van der Waals surface area contributed by atoms with Gasteiger partial charge in [0.25, 0.3) is 0 Å². The van der Waals surface area contributed by atoms with Crippen molar-refractivity contribution in [3.63, 3.8) is 0 Å². The normalized spacial score (nSPS) is 12.1. The van der Waals surface area contributed by atoms with Gasteiger partial charge in [-0.3, -0.25) is 4.68 Å². The van der Waals surface area contributed by atoms with Crippen molar-refractivity contribution in [3.8, 4) is 0 Å². The number of nitrogens with zero attached hydrogens (tertiary/aromatic N) is 3. The minimum Gasteiger partial charge on any atom is -0.321 e. The third-order valence-electron chi connectivity index (χ3n) is 3.42. The van der Waals surface area contributed by atoms with Crippen LogP contribution in [0.15, 0.2) is 18.3 Å². The van der Waals surface area contributed by atoms with Crippen LogP contribution in [-0.2, 0) is 0 Å². The summed E-state index contributed by atoms with van der Waals surface area (Å²) in [5.41, 5.74) is 2.73. The van der Waals surface area contributed by atoms with Crippen LogP contribution in [-0.4, -0.2) is 33.8 Å². The lowest BCUT2D eigenvalue weighted by Crippen LogP contribution is -2.36. The number of urea groups is 1. The van der Waals surface area contributed by atoms with Crippen LogP contribution in [0, 0.1) is 6.92 Å². The molecule has 5 nitrogen and oxygen atoms in total. The van der Waals surface area contributed by atoms with Crippen LogP contribution in [0.3, 0.4) is 0 Å². The highest BCUT2D eigenvalue weighted by atomic mass is 16.2. The SMILES string of the molecule is C=C(C)CN(CC)C(=O)Nc1cnn([C@@H](C)CC)c1C. The first-order valence-corrected chi connectivity index (χ1v) is 7.15. The monoisotopic (exact) mass is 278 g/mol. The molecule has 0 fully saturated rings. The van der Waals surface area contributed by atoms with Crippen molar-refractivity contribution < 1.29 is 4.79 Å². The van der Waals surface area contributed by atoms with E-state index in [9.17, 15) is 4.79 Å². The average Bonchev–Trinajstić information content (AvgIpc) is 2.76. The van der Waals surface area contributed by atoms with E-state index in [4.69, 9.17) is 0 Å². The Morgan fingerprint density at radius 3 is 2.70 bits per heavy atom. The fourth-order valence-electron chi connectivity index (χ4n) is 2.01. The van der Waals surface area contributed by atoms with Crippen LogP contribution in [0.4, 0.5) is 10.5 Å². The number of nitrogens with one attached hydrogen (secondary N) is 1. The molecule has 0 saturated heterocycles. The van der Waals surface area contributed by atoms with Crippen molar-refractivity contribution in [1.82, 2.24) is 14.7 Å². The number of likely N-dealkylation sites (N-methyl/N-ethyl adjacent to an activating group) is 1. The van der Waals surface area contributed by atoms with Gasteiger partial charge in [0.1, 0.15) is 0 Å². The van der Waals surface area contributed by atoms with Crippen molar-refractivity contribution in [2.75, 3.05) is 18.4 Å². The maximum Gasteiger partial charge on any atom is 0.322 e. The molecule has 1 aromatic heterocycles. The summed E-state index contributed by atoms with van der Waals surface area (Å²) in [7, 11) is 0. The number of amides is 2. The third kappa shape index (κ3) is 3.85. The highest BCUT2D eigenvalue weighted by molar-refractivity contribution is 5.89. The predicted molar refractivity (Wildman–Crippen MR) is 83.0 cm³/mol. The minimum atomic E-state index is -0.109. The van der Waals surface area contributed by atoms with E-state index in [0.29, 0.717) is 19.1 Å². The molecule has 112 valence electrons. The van der Waals surface area contributed by atoms with Crippen molar-refractivity contribution >= 4 is 11.7 Å². The largest absolute Gasteiger partial charge is 0.322 e. The third-order valence-corrected chi connectivity index (χ3v) is 3.42. The molecule has 1 N–H and O–H groups in total. The van der Waals surface area contributed by atoms with Gasteiger partial charge in [-0.2, -0.15) is 5.10 Å². The topological polar surface area (TPSA) is 50.2 Å². The zero-order valence-electron chi connectivity index (χ0n) is 13.2. The minimum absolute atomic E-state index is 0.109. The molecule has 1 heterocycles. The van der Waals surface area contributed by atoms with Gasteiger partial charge >= 0.3 is 6.03 Å². The zero-order chi connectivity index (χ0) is 15.3. The van der Waals surface area contributed by atoms with Crippen molar-refractivity contribution in [3.05, 3.63) is 24.0 Å². The Bertz CT molecular complexity index is 478.